The van der Waals surface area contributed by atoms with Crippen molar-refractivity contribution in [3.05, 3.63) is 0 Å². The molecule has 0 aromatic rings. The van der Waals surface area contributed by atoms with E-state index in [1.807, 2.05) is 0 Å². The first-order valence-corrected chi connectivity index (χ1v) is 6.77. The molecule has 0 aromatic heterocycles. The molecule has 4 fully saturated rings. The Hall–Kier alpha value is -0.0800. The van der Waals surface area contributed by atoms with Crippen molar-refractivity contribution < 1.29 is 4.74 Å². The summed E-state index contributed by atoms with van der Waals surface area (Å²) in [5, 5.41) is 3.87. The van der Waals surface area contributed by atoms with Gasteiger partial charge >= 0.3 is 0 Å². The van der Waals surface area contributed by atoms with Gasteiger partial charge in [-0.2, -0.15) is 0 Å². The fourth-order valence-electron chi connectivity index (χ4n) is 4.69. The minimum Gasteiger partial charge on any atom is -0.380 e. The number of ether oxygens (including phenoxy) is 1. The van der Waals surface area contributed by atoms with Gasteiger partial charge < -0.3 is 10.1 Å². The Morgan fingerprint density at radius 1 is 1.00 bits per heavy atom. The van der Waals surface area contributed by atoms with Crippen LogP contribution in [0.5, 0.6) is 0 Å². The molecular formula is C13H21NO. The van der Waals surface area contributed by atoms with Crippen molar-refractivity contribution in [2.45, 2.75) is 44.2 Å². The van der Waals surface area contributed by atoms with E-state index in [-0.39, 0.29) is 0 Å². The van der Waals surface area contributed by atoms with Crippen LogP contribution in [-0.2, 0) is 4.74 Å². The Balaban J connectivity index is 1.37. The van der Waals surface area contributed by atoms with E-state index in [1.54, 1.807) is 6.42 Å². The zero-order chi connectivity index (χ0) is 9.83. The van der Waals surface area contributed by atoms with E-state index in [2.05, 4.69) is 5.32 Å². The average Bonchev–Trinajstić information content (AvgIpc) is 2.71. The minimum absolute atomic E-state index is 0.675. The van der Waals surface area contributed by atoms with Gasteiger partial charge in [-0.15, -0.1) is 0 Å². The lowest BCUT2D eigenvalue weighted by atomic mass is 10.0. The third-order valence-corrected chi connectivity index (χ3v) is 5.32. The Morgan fingerprint density at radius 2 is 1.80 bits per heavy atom. The molecule has 4 rings (SSSR count). The van der Waals surface area contributed by atoms with Crippen molar-refractivity contribution in [1.29, 1.82) is 0 Å². The van der Waals surface area contributed by atoms with Crippen LogP contribution in [0, 0.1) is 23.7 Å². The molecule has 15 heavy (non-hydrogen) atoms. The summed E-state index contributed by atoms with van der Waals surface area (Å²) in [6.07, 6.45) is 7.23. The van der Waals surface area contributed by atoms with Crippen LogP contribution in [0.15, 0.2) is 0 Å². The van der Waals surface area contributed by atoms with Crippen LogP contribution in [0.4, 0.5) is 0 Å². The molecule has 1 heterocycles. The fourth-order valence-corrected chi connectivity index (χ4v) is 4.69. The van der Waals surface area contributed by atoms with Gasteiger partial charge in [-0.3, -0.25) is 0 Å². The van der Waals surface area contributed by atoms with E-state index < -0.39 is 0 Å². The molecular weight excluding hydrogens is 186 g/mol. The average molecular weight is 207 g/mol. The monoisotopic (exact) mass is 207 g/mol. The summed E-state index contributed by atoms with van der Waals surface area (Å²) in [6, 6.07) is 1.57. The summed E-state index contributed by atoms with van der Waals surface area (Å²) in [5.41, 5.74) is 0. The maximum absolute atomic E-state index is 5.54. The van der Waals surface area contributed by atoms with Crippen LogP contribution in [0.25, 0.3) is 0 Å². The highest BCUT2D eigenvalue weighted by molar-refractivity contribution is 5.17. The molecule has 2 nitrogen and oxygen atoms in total. The second-order valence-corrected chi connectivity index (χ2v) is 6.09. The van der Waals surface area contributed by atoms with E-state index in [0.717, 1.165) is 42.9 Å². The van der Waals surface area contributed by atoms with E-state index >= 15 is 0 Å². The van der Waals surface area contributed by atoms with Gasteiger partial charge in [-0.25, -0.2) is 0 Å². The number of rotatable bonds is 2. The lowest BCUT2D eigenvalue weighted by molar-refractivity contribution is 0.0682. The molecule has 2 heteroatoms. The number of hydrogen-bond acceptors (Lipinski definition) is 2. The Labute approximate surface area is 91.8 Å². The highest BCUT2D eigenvalue weighted by Gasteiger charge is 2.64. The first-order valence-electron chi connectivity index (χ1n) is 6.77. The van der Waals surface area contributed by atoms with Crippen molar-refractivity contribution in [3.63, 3.8) is 0 Å². The SMILES string of the molecule is C1COCC(NC2C3C4CCC(C4)C23)C1. The molecule has 3 saturated carbocycles. The van der Waals surface area contributed by atoms with Crippen LogP contribution >= 0.6 is 0 Å². The Bertz CT molecular complexity index is 245. The molecule has 0 spiro atoms. The highest BCUT2D eigenvalue weighted by Crippen LogP contribution is 2.65. The highest BCUT2D eigenvalue weighted by atomic mass is 16.5. The maximum atomic E-state index is 5.54. The van der Waals surface area contributed by atoms with E-state index in [9.17, 15) is 0 Å². The first kappa shape index (κ1) is 9.00. The molecule has 0 radical (unpaired) electrons. The fraction of sp³-hybridized carbons (Fsp3) is 1.00. The molecule has 3 aliphatic carbocycles. The van der Waals surface area contributed by atoms with Gasteiger partial charge in [0.2, 0.25) is 0 Å². The molecule has 1 aliphatic heterocycles. The minimum atomic E-state index is 0.675. The summed E-state index contributed by atoms with van der Waals surface area (Å²) < 4.78 is 5.54. The van der Waals surface area contributed by atoms with Crippen molar-refractivity contribution in [2.24, 2.45) is 23.7 Å². The Kier molecular flexibility index (Phi) is 1.92. The summed E-state index contributed by atoms with van der Waals surface area (Å²) in [6.45, 7) is 1.95. The van der Waals surface area contributed by atoms with Gasteiger partial charge in [0, 0.05) is 18.7 Å². The zero-order valence-corrected chi connectivity index (χ0v) is 9.32. The largest absolute Gasteiger partial charge is 0.380 e. The summed E-state index contributed by atoms with van der Waals surface area (Å²) in [7, 11) is 0. The van der Waals surface area contributed by atoms with Crippen molar-refractivity contribution in [3.8, 4) is 0 Å². The Morgan fingerprint density at radius 3 is 2.47 bits per heavy atom. The van der Waals surface area contributed by atoms with Gasteiger partial charge in [0.1, 0.15) is 0 Å². The molecule has 2 bridgehead atoms. The molecule has 5 atom stereocenters. The van der Waals surface area contributed by atoms with E-state index in [0.29, 0.717) is 6.04 Å². The van der Waals surface area contributed by atoms with Gasteiger partial charge in [0.15, 0.2) is 0 Å². The second kappa shape index (κ2) is 3.21. The van der Waals surface area contributed by atoms with Crippen molar-refractivity contribution in [2.75, 3.05) is 13.2 Å². The van der Waals surface area contributed by atoms with E-state index in [4.69, 9.17) is 4.74 Å². The molecule has 1 N–H and O–H groups in total. The topological polar surface area (TPSA) is 21.3 Å². The first-order chi connectivity index (χ1) is 7.43. The number of nitrogens with one attached hydrogen (secondary N) is 1. The van der Waals surface area contributed by atoms with Crippen LogP contribution in [0.2, 0.25) is 0 Å². The lowest BCUT2D eigenvalue weighted by Gasteiger charge is -2.24. The lowest BCUT2D eigenvalue weighted by Crippen LogP contribution is -2.40. The van der Waals surface area contributed by atoms with Gasteiger partial charge in [-0.05, 0) is 55.8 Å². The van der Waals surface area contributed by atoms with Crippen LogP contribution in [-0.4, -0.2) is 25.3 Å². The van der Waals surface area contributed by atoms with Crippen LogP contribution < -0.4 is 5.32 Å². The predicted octanol–water partition coefficient (Wildman–Crippen LogP) is 1.80. The summed E-state index contributed by atoms with van der Waals surface area (Å²) >= 11 is 0. The third kappa shape index (κ3) is 1.31. The van der Waals surface area contributed by atoms with Crippen molar-refractivity contribution in [1.82, 2.24) is 5.32 Å². The quantitative estimate of drug-likeness (QED) is 0.745. The van der Waals surface area contributed by atoms with E-state index in [1.165, 1.54) is 25.7 Å². The number of hydrogen-bond donors (Lipinski definition) is 1. The van der Waals surface area contributed by atoms with Crippen LogP contribution in [0.3, 0.4) is 0 Å². The van der Waals surface area contributed by atoms with Gasteiger partial charge in [0.05, 0.1) is 6.61 Å². The molecule has 0 aromatic carbocycles. The molecule has 5 unspecified atom stereocenters. The predicted molar refractivity (Wildman–Crippen MR) is 58.6 cm³/mol. The smallest absolute Gasteiger partial charge is 0.0619 e. The maximum Gasteiger partial charge on any atom is 0.0619 e. The molecule has 4 aliphatic rings. The summed E-state index contributed by atoms with van der Waals surface area (Å²) in [4.78, 5) is 0. The number of fused-ring (bicyclic) bond motifs is 5. The third-order valence-electron chi connectivity index (χ3n) is 5.32. The van der Waals surface area contributed by atoms with Gasteiger partial charge in [-0.1, -0.05) is 0 Å². The standard InChI is InChI=1S/C13H21NO/c1-2-10(7-15-5-1)14-13-11-8-3-4-9(6-8)12(11)13/h8-14H,1-7H2. The normalized spacial score (nSPS) is 56.8. The summed E-state index contributed by atoms with van der Waals surface area (Å²) in [5.74, 6) is 4.35. The zero-order valence-electron chi connectivity index (χ0n) is 9.32. The van der Waals surface area contributed by atoms with Gasteiger partial charge in [0.25, 0.3) is 0 Å². The molecule has 1 saturated heterocycles. The second-order valence-electron chi connectivity index (χ2n) is 6.09. The molecule has 0 amide bonds. The van der Waals surface area contributed by atoms with Crippen LogP contribution in [0.1, 0.15) is 32.1 Å². The molecule has 84 valence electrons. The van der Waals surface area contributed by atoms with Crippen molar-refractivity contribution >= 4 is 0 Å².